The monoisotopic (exact) mass is 383 g/mol. The van der Waals surface area contributed by atoms with E-state index in [2.05, 4.69) is 0 Å². The van der Waals surface area contributed by atoms with Gasteiger partial charge in [-0.1, -0.05) is 42.5 Å². The van der Waals surface area contributed by atoms with E-state index < -0.39 is 18.0 Å². The van der Waals surface area contributed by atoms with Crippen LogP contribution in [0.1, 0.15) is 31.4 Å². The molecule has 2 aromatic rings. The van der Waals surface area contributed by atoms with E-state index in [4.69, 9.17) is 11.5 Å². The molecule has 3 atom stereocenters. The van der Waals surface area contributed by atoms with Crippen LogP contribution in [0.2, 0.25) is 0 Å². The lowest BCUT2D eigenvalue weighted by Crippen LogP contribution is -2.56. The molecule has 0 bridgehead atoms. The Bertz CT molecular complexity index is 777. The molecule has 6 heteroatoms. The van der Waals surface area contributed by atoms with Gasteiger partial charge in [-0.25, -0.2) is 0 Å². The number of nitrogens with zero attached hydrogens (tertiary/aromatic N) is 1. The minimum Gasteiger partial charge on any atom is -0.508 e. The summed E-state index contributed by atoms with van der Waals surface area (Å²) in [6, 6.07) is 14.8. The first kappa shape index (κ1) is 21.4. The van der Waals surface area contributed by atoms with Crippen LogP contribution in [-0.4, -0.2) is 39.9 Å². The van der Waals surface area contributed by atoms with E-state index in [0.717, 1.165) is 12.0 Å². The number of phenolic OH excluding ortho intramolecular Hbond substituents is 1. The summed E-state index contributed by atoms with van der Waals surface area (Å²) in [6.07, 6.45) is 1.79. The normalized spacial score (nSPS) is 14.1. The molecule has 0 heterocycles. The number of benzene rings is 2. The molecule has 150 valence electrons. The quantitative estimate of drug-likeness (QED) is 0.615. The van der Waals surface area contributed by atoms with Crippen molar-refractivity contribution >= 4 is 11.8 Å². The summed E-state index contributed by atoms with van der Waals surface area (Å²) in [5.41, 5.74) is 13.7. The second-order valence-electron chi connectivity index (χ2n) is 7.17. The fourth-order valence-electron chi connectivity index (χ4n) is 3.25. The molecule has 0 fully saturated rings. The van der Waals surface area contributed by atoms with Crippen molar-refractivity contribution in [2.24, 2.45) is 11.5 Å². The van der Waals surface area contributed by atoms with Crippen molar-refractivity contribution in [3.05, 3.63) is 65.7 Å². The number of hydrogen-bond acceptors (Lipinski definition) is 4. The third kappa shape index (κ3) is 5.82. The molecule has 0 radical (unpaired) electrons. The maximum absolute atomic E-state index is 13.1. The molecule has 0 saturated carbocycles. The standard InChI is InChI=1S/C22H29N3O3/c1-15(8-9-17-6-4-3-5-7-17)25(16(2)21(24)27)22(28)20(23)14-18-10-12-19(26)13-11-18/h3-7,10-13,15-16,20,26H,8-9,14,23H2,1-2H3,(H2,24,27)/t15-,16-,20+/m1/s1. The van der Waals surface area contributed by atoms with Crippen molar-refractivity contribution in [3.8, 4) is 5.75 Å². The summed E-state index contributed by atoms with van der Waals surface area (Å²) in [4.78, 5) is 26.4. The second-order valence-corrected chi connectivity index (χ2v) is 7.17. The zero-order valence-corrected chi connectivity index (χ0v) is 16.4. The summed E-state index contributed by atoms with van der Waals surface area (Å²) in [6.45, 7) is 3.54. The summed E-state index contributed by atoms with van der Waals surface area (Å²) in [7, 11) is 0. The number of carbonyl (C=O) groups is 2. The number of amides is 2. The molecule has 2 aromatic carbocycles. The van der Waals surface area contributed by atoms with Gasteiger partial charge in [-0.3, -0.25) is 9.59 Å². The summed E-state index contributed by atoms with van der Waals surface area (Å²) in [5.74, 6) is -0.709. The Balaban J connectivity index is 2.10. The first-order valence-electron chi connectivity index (χ1n) is 9.48. The number of phenols is 1. The van der Waals surface area contributed by atoms with Gasteiger partial charge < -0.3 is 21.5 Å². The minimum atomic E-state index is -0.800. The molecule has 0 unspecified atom stereocenters. The lowest BCUT2D eigenvalue weighted by atomic mass is 10.0. The third-order valence-electron chi connectivity index (χ3n) is 4.96. The Morgan fingerprint density at radius 1 is 1.00 bits per heavy atom. The number of nitrogens with two attached hydrogens (primary N) is 2. The van der Waals surface area contributed by atoms with Crippen molar-refractivity contribution in [1.29, 1.82) is 0 Å². The second kappa shape index (κ2) is 9.90. The molecule has 0 aliphatic heterocycles. The lowest BCUT2D eigenvalue weighted by Gasteiger charge is -2.35. The van der Waals surface area contributed by atoms with Crippen molar-refractivity contribution in [2.45, 2.75) is 51.2 Å². The van der Waals surface area contributed by atoms with Crippen LogP contribution in [0.15, 0.2) is 54.6 Å². The van der Waals surface area contributed by atoms with Gasteiger partial charge in [-0.15, -0.1) is 0 Å². The van der Waals surface area contributed by atoms with Crippen LogP contribution in [0.5, 0.6) is 5.75 Å². The fraction of sp³-hybridized carbons (Fsp3) is 0.364. The van der Waals surface area contributed by atoms with Crippen molar-refractivity contribution in [3.63, 3.8) is 0 Å². The Kier molecular flexibility index (Phi) is 7.58. The van der Waals surface area contributed by atoms with E-state index in [9.17, 15) is 14.7 Å². The predicted molar refractivity (Wildman–Crippen MR) is 110 cm³/mol. The van der Waals surface area contributed by atoms with Gasteiger partial charge in [0.1, 0.15) is 11.8 Å². The first-order chi connectivity index (χ1) is 13.3. The summed E-state index contributed by atoms with van der Waals surface area (Å²) in [5, 5.41) is 9.39. The topological polar surface area (TPSA) is 110 Å². The van der Waals surface area contributed by atoms with Crippen LogP contribution < -0.4 is 11.5 Å². The number of primary amides is 1. The van der Waals surface area contributed by atoms with Gasteiger partial charge in [-0.05, 0) is 56.4 Å². The van der Waals surface area contributed by atoms with Crippen molar-refractivity contribution in [2.75, 3.05) is 0 Å². The van der Waals surface area contributed by atoms with Crippen molar-refractivity contribution < 1.29 is 14.7 Å². The van der Waals surface area contributed by atoms with E-state index >= 15 is 0 Å². The van der Waals surface area contributed by atoms with Gasteiger partial charge in [0.05, 0.1) is 6.04 Å². The van der Waals surface area contributed by atoms with Gasteiger partial charge in [0.2, 0.25) is 11.8 Å². The maximum Gasteiger partial charge on any atom is 0.240 e. The molecule has 0 aliphatic carbocycles. The Hall–Kier alpha value is -2.86. The average molecular weight is 383 g/mol. The molecular weight excluding hydrogens is 354 g/mol. The first-order valence-corrected chi connectivity index (χ1v) is 9.48. The Morgan fingerprint density at radius 2 is 1.61 bits per heavy atom. The average Bonchev–Trinajstić information content (AvgIpc) is 2.68. The number of aromatic hydroxyl groups is 1. The number of rotatable bonds is 9. The van der Waals surface area contributed by atoms with Gasteiger partial charge in [0, 0.05) is 6.04 Å². The third-order valence-corrected chi connectivity index (χ3v) is 4.96. The van der Waals surface area contributed by atoms with Gasteiger partial charge in [-0.2, -0.15) is 0 Å². The SMILES string of the molecule is C[C@H](CCc1ccccc1)N(C(=O)[C@@H](N)Cc1ccc(O)cc1)[C@H](C)C(N)=O. The minimum absolute atomic E-state index is 0.155. The molecule has 2 rings (SSSR count). The fourth-order valence-corrected chi connectivity index (χ4v) is 3.25. The van der Waals surface area contributed by atoms with Gasteiger partial charge in [0.25, 0.3) is 0 Å². The molecule has 0 saturated heterocycles. The zero-order chi connectivity index (χ0) is 20.7. The van der Waals surface area contributed by atoms with Crippen LogP contribution in [0.4, 0.5) is 0 Å². The van der Waals surface area contributed by atoms with Crippen molar-refractivity contribution in [1.82, 2.24) is 4.90 Å². The molecule has 0 aliphatic rings. The largest absolute Gasteiger partial charge is 0.508 e. The van der Waals surface area contributed by atoms with E-state index in [1.165, 1.54) is 10.5 Å². The zero-order valence-electron chi connectivity index (χ0n) is 16.4. The molecule has 2 amide bonds. The van der Waals surface area contributed by atoms with Gasteiger partial charge >= 0.3 is 0 Å². The highest BCUT2D eigenvalue weighted by molar-refractivity contribution is 5.89. The van der Waals surface area contributed by atoms with E-state index in [1.54, 1.807) is 31.2 Å². The summed E-state index contributed by atoms with van der Waals surface area (Å²) >= 11 is 0. The molecule has 0 aromatic heterocycles. The highest BCUT2D eigenvalue weighted by atomic mass is 16.3. The van der Waals surface area contributed by atoms with Crippen LogP contribution in [-0.2, 0) is 22.4 Å². The maximum atomic E-state index is 13.1. The molecular formula is C22H29N3O3. The van der Waals surface area contributed by atoms with Gasteiger partial charge in [0.15, 0.2) is 0 Å². The smallest absolute Gasteiger partial charge is 0.240 e. The summed E-state index contributed by atoms with van der Waals surface area (Å²) < 4.78 is 0. The Morgan fingerprint density at radius 3 is 2.18 bits per heavy atom. The molecule has 28 heavy (non-hydrogen) atoms. The predicted octanol–water partition coefficient (Wildman–Crippen LogP) is 1.99. The van der Waals surface area contributed by atoms with Crippen LogP contribution in [0.25, 0.3) is 0 Å². The van der Waals surface area contributed by atoms with Crippen LogP contribution in [0, 0.1) is 0 Å². The number of carbonyl (C=O) groups excluding carboxylic acids is 2. The molecule has 5 N–H and O–H groups in total. The van der Waals surface area contributed by atoms with E-state index in [0.29, 0.717) is 12.8 Å². The number of hydrogen-bond donors (Lipinski definition) is 3. The molecule has 6 nitrogen and oxygen atoms in total. The lowest BCUT2D eigenvalue weighted by molar-refractivity contribution is -0.142. The van der Waals surface area contributed by atoms with Crippen LogP contribution >= 0.6 is 0 Å². The van der Waals surface area contributed by atoms with E-state index in [1.807, 2.05) is 37.3 Å². The highest BCUT2D eigenvalue weighted by Crippen LogP contribution is 2.17. The number of aryl methyl sites for hydroxylation is 1. The van der Waals surface area contributed by atoms with E-state index in [-0.39, 0.29) is 17.7 Å². The Labute approximate surface area is 166 Å². The van der Waals surface area contributed by atoms with Crippen LogP contribution in [0.3, 0.4) is 0 Å². The molecule has 0 spiro atoms. The highest BCUT2D eigenvalue weighted by Gasteiger charge is 2.31.